The molecule has 1 heterocycles. The highest BCUT2D eigenvalue weighted by molar-refractivity contribution is 8.00. The lowest BCUT2D eigenvalue weighted by atomic mass is 10.1. The van der Waals surface area contributed by atoms with Gasteiger partial charge in [0.05, 0.1) is 6.20 Å². The summed E-state index contributed by atoms with van der Waals surface area (Å²) in [5.41, 5.74) is 2.51. The smallest absolute Gasteiger partial charge is 0.384 e. The highest BCUT2D eigenvalue weighted by Crippen LogP contribution is 2.38. The first-order chi connectivity index (χ1) is 7.96. The minimum absolute atomic E-state index is 0.121. The fourth-order valence-corrected chi connectivity index (χ4v) is 1.99. The molecule has 7 heteroatoms. The van der Waals surface area contributed by atoms with Crippen molar-refractivity contribution in [2.45, 2.75) is 10.4 Å². The molecule has 0 bridgehead atoms. The molecule has 3 N–H and O–H groups in total. The van der Waals surface area contributed by atoms with E-state index >= 15 is 0 Å². The van der Waals surface area contributed by atoms with Crippen molar-refractivity contribution in [1.82, 2.24) is 10.2 Å². The predicted molar refractivity (Wildman–Crippen MR) is 60.3 cm³/mol. The quantitative estimate of drug-likeness (QED) is 0.814. The van der Waals surface area contributed by atoms with Crippen LogP contribution in [0.5, 0.6) is 0 Å². The van der Waals surface area contributed by atoms with E-state index in [0.29, 0.717) is 16.9 Å². The van der Waals surface area contributed by atoms with E-state index in [1.54, 1.807) is 12.1 Å². The highest BCUT2D eigenvalue weighted by Gasteiger charge is 2.29. The second-order valence-corrected chi connectivity index (χ2v) is 4.41. The number of nitrogen functional groups attached to an aromatic ring is 1. The highest BCUT2D eigenvalue weighted by atomic mass is 32.2. The number of nitrogens with one attached hydrogen (secondary N) is 1. The average Bonchev–Trinajstić information content (AvgIpc) is 2.62. The molecule has 17 heavy (non-hydrogen) atoms. The number of aromatic nitrogens is 2. The number of halogens is 3. The van der Waals surface area contributed by atoms with Gasteiger partial charge in [-0.25, -0.2) is 0 Å². The standard InChI is InChI=1S/C10H8F3N3S/c11-10(12,13)17-7-3-1-2-6(4-7)8-5-15-16-9(8)14/h1-5H,(H3,14,15,16). The van der Waals surface area contributed by atoms with Crippen LogP contribution >= 0.6 is 11.8 Å². The van der Waals surface area contributed by atoms with Gasteiger partial charge in [0.1, 0.15) is 5.82 Å². The summed E-state index contributed by atoms with van der Waals surface area (Å²) in [6.45, 7) is 0. The Bertz CT molecular complexity index is 522. The van der Waals surface area contributed by atoms with Crippen LogP contribution in [0.25, 0.3) is 11.1 Å². The zero-order chi connectivity index (χ0) is 12.5. The van der Waals surface area contributed by atoms with Crippen LogP contribution in [0.3, 0.4) is 0 Å². The van der Waals surface area contributed by atoms with Gasteiger partial charge in [-0.15, -0.1) is 0 Å². The molecule has 2 rings (SSSR count). The van der Waals surface area contributed by atoms with Crippen molar-refractivity contribution in [3.8, 4) is 11.1 Å². The Kier molecular flexibility index (Phi) is 3.01. The Morgan fingerprint density at radius 3 is 2.65 bits per heavy atom. The molecule has 0 spiro atoms. The summed E-state index contributed by atoms with van der Waals surface area (Å²) in [7, 11) is 0. The third-order valence-corrected chi connectivity index (χ3v) is 2.77. The van der Waals surface area contributed by atoms with Gasteiger partial charge in [0.2, 0.25) is 0 Å². The topological polar surface area (TPSA) is 54.7 Å². The van der Waals surface area contributed by atoms with Crippen LogP contribution in [0.4, 0.5) is 19.0 Å². The van der Waals surface area contributed by atoms with Gasteiger partial charge in [0.15, 0.2) is 0 Å². The number of benzene rings is 1. The van der Waals surface area contributed by atoms with E-state index in [4.69, 9.17) is 5.73 Å². The van der Waals surface area contributed by atoms with Crippen molar-refractivity contribution in [1.29, 1.82) is 0 Å². The van der Waals surface area contributed by atoms with E-state index in [2.05, 4.69) is 10.2 Å². The normalized spacial score (nSPS) is 11.7. The molecule has 1 aromatic carbocycles. The molecule has 90 valence electrons. The summed E-state index contributed by atoms with van der Waals surface area (Å²) in [4.78, 5) is 0.121. The Morgan fingerprint density at radius 1 is 1.29 bits per heavy atom. The number of nitrogens with two attached hydrogens (primary N) is 1. The van der Waals surface area contributed by atoms with E-state index in [1.807, 2.05) is 0 Å². The maximum absolute atomic E-state index is 12.2. The Morgan fingerprint density at radius 2 is 2.06 bits per heavy atom. The Hall–Kier alpha value is -1.63. The van der Waals surface area contributed by atoms with Crippen LogP contribution in [0.1, 0.15) is 0 Å². The molecule has 0 aliphatic rings. The number of hydrogen-bond acceptors (Lipinski definition) is 3. The van der Waals surface area contributed by atoms with Gasteiger partial charge in [-0.05, 0) is 29.5 Å². The zero-order valence-electron chi connectivity index (χ0n) is 8.45. The van der Waals surface area contributed by atoms with Crippen molar-refractivity contribution in [3.05, 3.63) is 30.5 Å². The molecule has 1 aromatic heterocycles. The lowest BCUT2D eigenvalue weighted by Crippen LogP contribution is -1.98. The maximum Gasteiger partial charge on any atom is 0.446 e. The molecular formula is C10H8F3N3S. The summed E-state index contributed by atoms with van der Waals surface area (Å²) in [5.74, 6) is 0.333. The second-order valence-electron chi connectivity index (χ2n) is 3.27. The van der Waals surface area contributed by atoms with Crippen molar-refractivity contribution in [2.75, 3.05) is 5.73 Å². The minimum atomic E-state index is -4.29. The number of hydrogen-bond donors (Lipinski definition) is 2. The number of thioether (sulfide) groups is 1. The number of anilines is 1. The van der Waals surface area contributed by atoms with Crippen LogP contribution in [0, 0.1) is 0 Å². The molecule has 0 fully saturated rings. The third kappa shape index (κ3) is 2.94. The van der Waals surface area contributed by atoms with E-state index in [9.17, 15) is 13.2 Å². The van der Waals surface area contributed by atoms with Crippen molar-refractivity contribution < 1.29 is 13.2 Å². The van der Waals surface area contributed by atoms with Crippen molar-refractivity contribution in [2.24, 2.45) is 0 Å². The summed E-state index contributed by atoms with van der Waals surface area (Å²) in [6, 6.07) is 6.06. The van der Waals surface area contributed by atoms with Crippen LogP contribution < -0.4 is 5.73 Å². The number of nitrogens with zero attached hydrogens (tertiary/aromatic N) is 1. The van der Waals surface area contributed by atoms with Crippen LogP contribution in [0.15, 0.2) is 35.4 Å². The van der Waals surface area contributed by atoms with Gasteiger partial charge < -0.3 is 5.73 Å². The summed E-state index contributed by atoms with van der Waals surface area (Å²) < 4.78 is 36.6. The van der Waals surface area contributed by atoms with Crippen LogP contribution in [0.2, 0.25) is 0 Å². The monoisotopic (exact) mass is 259 g/mol. The average molecular weight is 259 g/mol. The summed E-state index contributed by atoms with van der Waals surface area (Å²) in [6.07, 6.45) is 1.48. The van der Waals surface area contributed by atoms with Gasteiger partial charge in [-0.1, -0.05) is 12.1 Å². The molecule has 0 saturated carbocycles. The van der Waals surface area contributed by atoms with Gasteiger partial charge in [-0.2, -0.15) is 18.3 Å². The Balaban J connectivity index is 2.32. The summed E-state index contributed by atoms with van der Waals surface area (Å²) >= 11 is -0.153. The molecule has 0 atom stereocenters. The largest absolute Gasteiger partial charge is 0.446 e. The maximum atomic E-state index is 12.2. The van der Waals surface area contributed by atoms with Gasteiger partial charge in [-0.3, -0.25) is 5.10 Å². The Labute approximate surface area is 99.2 Å². The van der Waals surface area contributed by atoms with E-state index in [0.717, 1.165) is 0 Å². The van der Waals surface area contributed by atoms with E-state index in [-0.39, 0.29) is 16.7 Å². The minimum Gasteiger partial charge on any atom is -0.384 e. The molecule has 0 amide bonds. The van der Waals surface area contributed by atoms with Crippen molar-refractivity contribution >= 4 is 17.6 Å². The number of rotatable bonds is 2. The molecule has 2 aromatic rings. The number of aromatic amines is 1. The van der Waals surface area contributed by atoms with Gasteiger partial charge in [0.25, 0.3) is 0 Å². The molecule has 0 aliphatic heterocycles. The lowest BCUT2D eigenvalue weighted by molar-refractivity contribution is -0.0328. The lowest BCUT2D eigenvalue weighted by Gasteiger charge is -2.06. The van der Waals surface area contributed by atoms with E-state index < -0.39 is 5.51 Å². The molecular weight excluding hydrogens is 251 g/mol. The second kappa shape index (κ2) is 4.33. The first-order valence-corrected chi connectivity index (χ1v) is 5.42. The first-order valence-electron chi connectivity index (χ1n) is 4.61. The fraction of sp³-hybridized carbons (Fsp3) is 0.100. The molecule has 0 aliphatic carbocycles. The van der Waals surface area contributed by atoms with Crippen LogP contribution in [-0.4, -0.2) is 15.7 Å². The molecule has 0 radical (unpaired) electrons. The van der Waals surface area contributed by atoms with Crippen LogP contribution in [-0.2, 0) is 0 Å². The summed E-state index contributed by atoms with van der Waals surface area (Å²) in [5, 5.41) is 6.26. The first kappa shape index (κ1) is 11.8. The predicted octanol–water partition coefficient (Wildman–Crippen LogP) is 3.27. The molecule has 0 saturated heterocycles. The van der Waals surface area contributed by atoms with Gasteiger partial charge >= 0.3 is 5.51 Å². The van der Waals surface area contributed by atoms with Gasteiger partial charge in [0, 0.05) is 10.5 Å². The van der Waals surface area contributed by atoms with E-state index in [1.165, 1.54) is 18.3 Å². The molecule has 3 nitrogen and oxygen atoms in total. The zero-order valence-corrected chi connectivity index (χ0v) is 9.27. The number of alkyl halides is 3. The molecule has 0 unspecified atom stereocenters. The van der Waals surface area contributed by atoms with Crippen molar-refractivity contribution in [3.63, 3.8) is 0 Å². The SMILES string of the molecule is Nc1[nH]ncc1-c1cccc(SC(F)(F)F)c1. The fourth-order valence-electron chi connectivity index (χ4n) is 1.39. The number of H-pyrrole nitrogens is 1. The third-order valence-electron chi connectivity index (χ3n) is 2.05.